The van der Waals surface area contributed by atoms with Gasteiger partial charge in [0.15, 0.2) is 6.61 Å². The molecule has 0 aliphatic carbocycles. The standard InChI is InChI=1S/C19H23NO3/c1-14-4-9-18(15(2)12-14)23-13-19(21)20-11-10-16-5-7-17(22-3)8-6-16/h4-9,12H,10-11,13H2,1-3H3,(H,20,21). The van der Waals surface area contributed by atoms with Crippen LogP contribution in [0.1, 0.15) is 16.7 Å². The van der Waals surface area contributed by atoms with E-state index in [-0.39, 0.29) is 12.5 Å². The van der Waals surface area contributed by atoms with Crippen LogP contribution in [0, 0.1) is 13.8 Å². The monoisotopic (exact) mass is 313 g/mol. The van der Waals surface area contributed by atoms with Crippen molar-refractivity contribution in [1.82, 2.24) is 5.32 Å². The maximum Gasteiger partial charge on any atom is 0.257 e. The molecule has 2 rings (SSSR count). The fourth-order valence-electron chi connectivity index (χ4n) is 2.29. The molecule has 0 saturated heterocycles. The van der Waals surface area contributed by atoms with Crippen molar-refractivity contribution in [1.29, 1.82) is 0 Å². The summed E-state index contributed by atoms with van der Waals surface area (Å²) < 4.78 is 10.7. The smallest absolute Gasteiger partial charge is 0.257 e. The average Bonchev–Trinajstić information content (AvgIpc) is 2.54. The van der Waals surface area contributed by atoms with Gasteiger partial charge >= 0.3 is 0 Å². The summed E-state index contributed by atoms with van der Waals surface area (Å²) in [6, 6.07) is 13.7. The fraction of sp³-hybridized carbons (Fsp3) is 0.316. The minimum atomic E-state index is -0.113. The number of nitrogens with one attached hydrogen (secondary N) is 1. The molecule has 4 heteroatoms. The summed E-state index contributed by atoms with van der Waals surface area (Å²) in [5, 5.41) is 2.87. The number of carbonyl (C=O) groups is 1. The van der Waals surface area contributed by atoms with Gasteiger partial charge in [0, 0.05) is 6.54 Å². The van der Waals surface area contributed by atoms with Crippen molar-refractivity contribution >= 4 is 5.91 Å². The Labute approximate surface area is 137 Å². The Morgan fingerprint density at radius 1 is 1.09 bits per heavy atom. The number of aryl methyl sites for hydroxylation is 2. The van der Waals surface area contributed by atoms with Crippen LogP contribution < -0.4 is 14.8 Å². The van der Waals surface area contributed by atoms with Crippen LogP contribution in [-0.2, 0) is 11.2 Å². The van der Waals surface area contributed by atoms with Crippen LogP contribution in [0.3, 0.4) is 0 Å². The van der Waals surface area contributed by atoms with Gasteiger partial charge in [0.25, 0.3) is 5.91 Å². The Morgan fingerprint density at radius 3 is 2.48 bits per heavy atom. The first-order chi connectivity index (χ1) is 11.1. The van der Waals surface area contributed by atoms with E-state index in [9.17, 15) is 4.79 Å². The van der Waals surface area contributed by atoms with E-state index in [2.05, 4.69) is 5.32 Å². The lowest BCUT2D eigenvalue weighted by atomic mass is 10.1. The van der Waals surface area contributed by atoms with Crippen molar-refractivity contribution in [2.24, 2.45) is 0 Å². The molecule has 23 heavy (non-hydrogen) atoms. The third kappa shape index (κ3) is 5.33. The molecule has 0 unspecified atom stereocenters. The molecular weight excluding hydrogens is 290 g/mol. The lowest BCUT2D eigenvalue weighted by Gasteiger charge is -2.10. The summed E-state index contributed by atoms with van der Waals surface area (Å²) in [5.74, 6) is 1.47. The predicted molar refractivity (Wildman–Crippen MR) is 91.1 cm³/mol. The fourth-order valence-corrected chi connectivity index (χ4v) is 2.29. The summed E-state index contributed by atoms with van der Waals surface area (Å²) in [6.45, 7) is 4.63. The zero-order valence-corrected chi connectivity index (χ0v) is 13.9. The number of amides is 1. The number of benzene rings is 2. The van der Waals surface area contributed by atoms with Gasteiger partial charge in [-0.05, 0) is 49.6 Å². The van der Waals surface area contributed by atoms with Crippen LogP contribution in [0.2, 0.25) is 0 Å². The van der Waals surface area contributed by atoms with E-state index in [1.54, 1.807) is 7.11 Å². The molecule has 0 atom stereocenters. The molecule has 0 bridgehead atoms. The van der Waals surface area contributed by atoms with Crippen LogP contribution in [-0.4, -0.2) is 26.2 Å². The number of hydrogen-bond donors (Lipinski definition) is 1. The van der Waals surface area contributed by atoms with Crippen molar-refractivity contribution in [3.05, 3.63) is 59.2 Å². The third-order valence-electron chi connectivity index (χ3n) is 3.58. The van der Waals surface area contributed by atoms with Crippen LogP contribution in [0.5, 0.6) is 11.5 Å². The largest absolute Gasteiger partial charge is 0.497 e. The summed E-state index contributed by atoms with van der Waals surface area (Å²) in [7, 11) is 1.64. The number of ether oxygens (including phenoxy) is 2. The topological polar surface area (TPSA) is 47.6 Å². The van der Waals surface area contributed by atoms with E-state index in [1.165, 1.54) is 5.56 Å². The maximum atomic E-state index is 11.8. The summed E-state index contributed by atoms with van der Waals surface area (Å²) >= 11 is 0. The highest BCUT2D eigenvalue weighted by Crippen LogP contribution is 2.18. The van der Waals surface area contributed by atoms with Crippen LogP contribution in [0.4, 0.5) is 0 Å². The van der Waals surface area contributed by atoms with Gasteiger partial charge in [-0.25, -0.2) is 0 Å². The zero-order chi connectivity index (χ0) is 16.7. The molecule has 2 aromatic carbocycles. The predicted octanol–water partition coefficient (Wildman–Crippen LogP) is 3.05. The Morgan fingerprint density at radius 2 is 1.83 bits per heavy atom. The minimum Gasteiger partial charge on any atom is -0.497 e. The van der Waals surface area contributed by atoms with Crippen molar-refractivity contribution in [2.45, 2.75) is 20.3 Å². The van der Waals surface area contributed by atoms with Gasteiger partial charge in [0.2, 0.25) is 0 Å². The normalized spacial score (nSPS) is 10.2. The lowest BCUT2D eigenvalue weighted by molar-refractivity contribution is -0.123. The van der Waals surface area contributed by atoms with Gasteiger partial charge in [0.05, 0.1) is 7.11 Å². The molecule has 0 radical (unpaired) electrons. The molecule has 4 nitrogen and oxygen atoms in total. The Hall–Kier alpha value is -2.49. The van der Waals surface area contributed by atoms with E-state index >= 15 is 0 Å². The van der Waals surface area contributed by atoms with Crippen molar-refractivity contribution in [3.8, 4) is 11.5 Å². The second kappa shape index (κ2) is 8.22. The number of methoxy groups -OCH3 is 1. The van der Waals surface area contributed by atoms with Crippen molar-refractivity contribution in [2.75, 3.05) is 20.3 Å². The highest BCUT2D eigenvalue weighted by molar-refractivity contribution is 5.77. The summed E-state index contributed by atoms with van der Waals surface area (Å²) in [6.07, 6.45) is 0.777. The Bertz CT molecular complexity index is 650. The second-order valence-electron chi connectivity index (χ2n) is 5.51. The Kier molecular flexibility index (Phi) is 6.03. The molecule has 1 amide bonds. The third-order valence-corrected chi connectivity index (χ3v) is 3.58. The first kappa shape index (κ1) is 16.9. The van der Waals surface area contributed by atoms with Gasteiger partial charge in [-0.3, -0.25) is 4.79 Å². The van der Waals surface area contributed by atoms with Crippen molar-refractivity contribution < 1.29 is 14.3 Å². The first-order valence-electron chi connectivity index (χ1n) is 7.68. The van der Waals surface area contributed by atoms with E-state index in [0.717, 1.165) is 29.0 Å². The number of carbonyl (C=O) groups excluding carboxylic acids is 1. The highest BCUT2D eigenvalue weighted by Gasteiger charge is 2.05. The minimum absolute atomic E-state index is 0.0342. The molecule has 0 fully saturated rings. The second-order valence-corrected chi connectivity index (χ2v) is 5.51. The van der Waals surface area contributed by atoms with Crippen LogP contribution in [0.25, 0.3) is 0 Å². The SMILES string of the molecule is COc1ccc(CCNC(=O)COc2ccc(C)cc2C)cc1. The maximum absolute atomic E-state index is 11.8. The Balaban J connectivity index is 1.72. The molecule has 0 aliphatic heterocycles. The molecule has 0 saturated carbocycles. The van der Waals surface area contributed by atoms with Gasteiger partial charge in [-0.2, -0.15) is 0 Å². The molecule has 2 aromatic rings. The first-order valence-corrected chi connectivity index (χ1v) is 7.68. The zero-order valence-electron chi connectivity index (χ0n) is 13.9. The molecule has 1 N–H and O–H groups in total. The molecule has 0 spiro atoms. The van der Waals surface area contributed by atoms with Gasteiger partial charge in [0.1, 0.15) is 11.5 Å². The number of rotatable bonds is 7. The quantitative estimate of drug-likeness (QED) is 0.854. The summed E-state index contributed by atoms with van der Waals surface area (Å²) in [5.41, 5.74) is 3.37. The van der Waals surface area contributed by atoms with Crippen LogP contribution >= 0.6 is 0 Å². The molecule has 122 valence electrons. The number of hydrogen-bond acceptors (Lipinski definition) is 3. The van der Waals surface area contributed by atoms with E-state index in [0.29, 0.717) is 6.54 Å². The highest BCUT2D eigenvalue weighted by atomic mass is 16.5. The summed E-state index contributed by atoms with van der Waals surface area (Å²) in [4.78, 5) is 11.8. The molecular formula is C19H23NO3. The lowest BCUT2D eigenvalue weighted by Crippen LogP contribution is -2.30. The van der Waals surface area contributed by atoms with Crippen molar-refractivity contribution in [3.63, 3.8) is 0 Å². The van der Waals surface area contributed by atoms with Gasteiger partial charge in [-0.1, -0.05) is 29.8 Å². The molecule has 0 aliphatic rings. The molecule has 0 aromatic heterocycles. The molecule has 0 heterocycles. The van der Waals surface area contributed by atoms with E-state index in [1.807, 2.05) is 56.3 Å². The van der Waals surface area contributed by atoms with E-state index in [4.69, 9.17) is 9.47 Å². The van der Waals surface area contributed by atoms with E-state index < -0.39 is 0 Å². The van der Waals surface area contributed by atoms with Gasteiger partial charge in [-0.15, -0.1) is 0 Å². The van der Waals surface area contributed by atoms with Gasteiger partial charge < -0.3 is 14.8 Å². The van der Waals surface area contributed by atoms with Crippen LogP contribution in [0.15, 0.2) is 42.5 Å². The average molecular weight is 313 g/mol.